The molecule has 2 rings (SSSR count). The highest BCUT2D eigenvalue weighted by Crippen LogP contribution is 2.22. The Kier molecular flexibility index (Phi) is 9.70. The lowest BCUT2D eigenvalue weighted by atomic mass is 10.2. The van der Waals surface area contributed by atoms with Crippen molar-refractivity contribution >= 4 is 21.6 Å². The fourth-order valence-electron chi connectivity index (χ4n) is 2.95. The molecular formula is C23H33N3O3S. The zero-order valence-corrected chi connectivity index (χ0v) is 18.8. The van der Waals surface area contributed by atoms with E-state index in [1.807, 2.05) is 12.1 Å². The summed E-state index contributed by atoms with van der Waals surface area (Å²) in [7, 11) is -0.0579. The van der Waals surface area contributed by atoms with E-state index >= 15 is 0 Å². The zero-order valence-electron chi connectivity index (χ0n) is 18.0. The molecule has 0 spiro atoms. The summed E-state index contributed by atoms with van der Waals surface area (Å²) in [6, 6.07) is 15.9. The Bertz CT molecular complexity index is 855. The normalized spacial score (nSPS) is 11.3. The molecule has 0 fully saturated rings. The molecule has 0 bridgehead atoms. The number of anilines is 2. The van der Waals surface area contributed by atoms with Gasteiger partial charge < -0.3 is 9.64 Å². The maximum absolute atomic E-state index is 12.5. The minimum Gasteiger partial charge on any atom is -0.494 e. The van der Waals surface area contributed by atoms with Crippen molar-refractivity contribution in [3.63, 3.8) is 0 Å². The monoisotopic (exact) mass is 431 g/mol. The molecule has 0 saturated carbocycles. The number of ether oxygens (including phenoxy) is 1. The van der Waals surface area contributed by atoms with E-state index in [4.69, 9.17) is 4.74 Å². The van der Waals surface area contributed by atoms with Crippen LogP contribution < -0.4 is 13.8 Å². The van der Waals surface area contributed by atoms with Crippen molar-refractivity contribution in [3.8, 4) is 5.75 Å². The van der Waals surface area contributed by atoms with Crippen molar-refractivity contribution in [2.24, 2.45) is 0 Å². The summed E-state index contributed by atoms with van der Waals surface area (Å²) < 4.78 is 34.6. The third-order valence-corrected chi connectivity index (χ3v) is 6.15. The van der Waals surface area contributed by atoms with E-state index in [2.05, 4.69) is 23.2 Å². The number of likely N-dealkylation sites (N-methyl/N-ethyl adjacent to an activating group) is 1. The lowest BCUT2D eigenvalue weighted by molar-refractivity contribution is 0.300. The van der Waals surface area contributed by atoms with Crippen LogP contribution in [0.3, 0.4) is 0 Å². The van der Waals surface area contributed by atoms with Crippen molar-refractivity contribution in [1.29, 1.82) is 0 Å². The Hall–Kier alpha value is -2.51. The predicted octanol–water partition coefficient (Wildman–Crippen LogP) is 4.54. The molecule has 0 atom stereocenters. The maximum atomic E-state index is 12.5. The summed E-state index contributed by atoms with van der Waals surface area (Å²) in [6.45, 7) is 6.42. The van der Waals surface area contributed by atoms with Gasteiger partial charge in [-0.05, 0) is 62.8 Å². The molecule has 0 saturated heterocycles. The van der Waals surface area contributed by atoms with Gasteiger partial charge in [0.2, 0.25) is 0 Å². The molecule has 0 aliphatic heterocycles. The lowest BCUT2D eigenvalue weighted by Crippen LogP contribution is -2.32. The molecule has 7 heteroatoms. The molecule has 164 valence electrons. The first-order valence-corrected chi connectivity index (χ1v) is 11.7. The van der Waals surface area contributed by atoms with Crippen molar-refractivity contribution < 1.29 is 13.2 Å². The number of para-hydroxylation sites is 1. The smallest absolute Gasteiger partial charge is 0.323 e. The number of nitrogens with one attached hydrogen (secondary N) is 1. The van der Waals surface area contributed by atoms with Crippen molar-refractivity contribution in [3.05, 3.63) is 67.3 Å². The minimum absolute atomic E-state index is 0.525. The Labute approximate surface area is 181 Å². The summed E-state index contributed by atoms with van der Waals surface area (Å²) in [4.78, 5) is 2.26. The molecule has 2 aromatic rings. The third-order valence-electron chi connectivity index (χ3n) is 4.73. The second-order valence-corrected chi connectivity index (χ2v) is 8.95. The number of hydrogen-bond acceptors (Lipinski definition) is 4. The molecule has 30 heavy (non-hydrogen) atoms. The van der Waals surface area contributed by atoms with Gasteiger partial charge in [-0.1, -0.05) is 37.1 Å². The van der Waals surface area contributed by atoms with Gasteiger partial charge >= 0.3 is 10.2 Å². The van der Waals surface area contributed by atoms with E-state index in [1.165, 1.54) is 24.2 Å². The van der Waals surface area contributed by atoms with Gasteiger partial charge in [0.05, 0.1) is 18.0 Å². The number of hydrogen-bond donors (Lipinski definition) is 1. The number of nitrogens with zero attached hydrogens (tertiary/aromatic N) is 2. The number of benzene rings is 2. The van der Waals surface area contributed by atoms with E-state index in [0.717, 1.165) is 31.7 Å². The fourth-order valence-corrected chi connectivity index (χ4v) is 3.92. The fraction of sp³-hybridized carbons (Fsp3) is 0.391. The largest absolute Gasteiger partial charge is 0.494 e. The first-order chi connectivity index (χ1) is 14.4. The molecule has 0 radical (unpaired) electrons. The van der Waals surface area contributed by atoms with Gasteiger partial charge in [-0.25, -0.2) is 0 Å². The minimum atomic E-state index is -3.69. The van der Waals surface area contributed by atoms with Crippen molar-refractivity contribution in [2.75, 3.05) is 42.8 Å². The van der Waals surface area contributed by atoms with E-state index in [1.54, 1.807) is 48.5 Å². The average molecular weight is 432 g/mol. The Balaban J connectivity index is 1.73. The van der Waals surface area contributed by atoms with Crippen LogP contribution in [0, 0.1) is 0 Å². The number of unbranched alkanes of at least 4 members (excludes halogenated alkanes) is 3. The van der Waals surface area contributed by atoms with Crippen LogP contribution in [0.5, 0.6) is 5.75 Å². The zero-order chi connectivity index (χ0) is 21.8. The Morgan fingerprint density at radius 1 is 0.967 bits per heavy atom. The lowest BCUT2D eigenvalue weighted by Gasteiger charge is -2.20. The molecule has 0 aliphatic carbocycles. The number of rotatable bonds is 14. The molecule has 0 aromatic heterocycles. The van der Waals surface area contributed by atoms with Gasteiger partial charge in [-0.3, -0.25) is 9.03 Å². The van der Waals surface area contributed by atoms with Gasteiger partial charge in [0.25, 0.3) is 0 Å². The highest BCUT2D eigenvalue weighted by molar-refractivity contribution is 7.94. The van der Waals surface area contributed by atoms with Crippen LogP contribution in [0.25, 0.3) is 0 Å². The second kappa shape index (κ2) is 12.2. The van der Waals surface area contributed by atoms with Crippen LogP contribution in [0.1, 0.15) is 25.7 Å². The summed E-state index contributed by atoms with van der Waals surface area (Å²) >= 11 is 0. The Morgan fingerprint density at radius 3 is 2.30 bits per heavy atom. The highest BCUT2D eigenvalue weighted by atomic mass is 32.2. The van der Waals surface area contributed by atoms with Gasteiger partial charge in [0.1, 0.15) is 5.75 Å². The summed E-state index contributed by atoms with van der Waals surface area (Å²) in [5.41, 5.74) is 1.09. The average Bonchev–Trinajstić information content (AvgIpc) is 2.73. The summed E-state index contributed by atoms with van der Waals surface area (Å²) in [5.74, 6) is 0.742. The van der Waals surface area contributed by atoms with Crippen LogP contribution >= 0.6 is 0 Å². The molecule has 2 aromatic carbocycles. The summed E-state index contributed by atoms with van der Waals surface area (Å²) in [5, 5.41) is 0. The Morgan fingerprint density at radius 2 is 1.63 bits per heavy atom. The molecule has 0 amide bonds. The van der Waals surface area contributed by atoms with Crippen LogP contribution in [-0.2, 0) is 10.2 Å². The van der Waals surface area contributed by atoms with Crippen molar-refractivity contribution in [2.45, 2.75) is 25.7 Å². The quantitative estimate of drug-likeness (QED) is 0.352. The van der Waals surface area contributed by atoms with Crippen molar-refractivity contribution in [1.82, 2.24) is 4.90 Å². The summed E-state index contributed by atoms with van der Waals surface area (Å²) in [6.07, 6.45) is 6.41. The van der Waals surface area contributed by atoms with Gasteiger partial charge in [-0.2, -0.15) is 8.42 Å². The van der Waals surface area contributed by atoms with Crippen LogP contribution in [-0.4, -0.2) is 47.1 Å². The van der Waals surface area contributed by atoms with Gasteiger partial charge in [0.15, 0.2) is 0 Å². The standard InChI is InChI=1S/C23H33N3O3S/c1-4-18-25(2)19-10-5-6-11-20-29-23-16-14-22(15-17-23)26(3)30(27,28)24-21-12-8-7-9-13-21/h4,7-9,12-17,24H,1,5-6,10-11,18-20H2,2-3H3. The molecule has 6 nitrogen and oxygen atoms in total. The van der Waals surface area contributed by atoms with E-state index < -0.39 is 10.2 Å². The first-order valence-electron chi connectivity index (χ1n) is 10.3. The molecule has 0 unspecified atom stereocenters. The molecule has 0 heterocycles. The van der Waals surface area contributed by atoms with E-state index in [0.29, 0.717) is 18.0 Å². The predicted molar refractivity (Wildman–Crippen MR) is 125 cm³/mol. The van der Waals surface area contributed by atoms with Gasteiger partial charge in [-0.15, -0.1) is 6.58 Å². The maximum Gasteiger partial charge on any atom is 0.323 e. The van der Waals surface area contributed by atoms with E-state index in [-0.39, 0.29) is 0 Å². The molecular weight excluding hydrogens is 398 g/mol. The molecule has 0 aliphatic rings. The first kappa shape index (κ1) is 23.8. The van der Waals surface area contributed by atoms with Crippen LogP contribution in [0.4, 0.5) is 11.4 Å². The topological polar surface area (TPSA) is 61.9 Å². The van der Waals surface area contributed by atoms with Crippen LogP contribution in [0.15, 0.2) is 67.3 Å². The van der Waals surface area contributed by atoms with Crippen LogP contribution in [0.2, 0.25) is 0 Å². The SMILES string of the molecule is C=CCN(C)CCCCCCOc1ccc(N(C)S(=O)(=O)Nc2ccccc2)cc1. The molecule has 1 N–H and O–H groups in total. The van der Waals surface area contributed by atoms with Gasteiger partial charge in [0, 0.05) is 13.6 Å². The third kappa shape index (κ3) is 8.08. The van der Waals surface area contributed by atoms with E-state index in [9.17, 15) is 8.42 Å². The second-order valence-electron chi connectivity index (χ2n) is 7.25. The highest BCUT2D eigenvalue weighted by Gasteiger charge is 2.18.